The van der Waals surface area contributed by atoms with E-state index in [1.165, 1.54) is 4.88 Å². The Bertz CT molecular complexity index is 328. The number of nitrogens with zero attached hydrogens (tertiary/aromatic N) is 1. The normalized spacial score (nSPS) is 12.3. The van der Waals surface area contributed by atoms with Gasteiger partial charge in [-0.1, -0.05) is 0 Å². The quantitative estimate of drug-likeness (QED) is 0.725. The Labute approximate surface area is 94.4 Å². The number of nitriles is 1. The monoisotopic (exact) mass is 224 g/mol. The molecular formula is C11H16N2OS. The zero-order valence-electron chi connectivity index (χ0n) is 8.86. The van der Waals surface area contributed by atoms with Crippen molar-refractivity contribution in [2.75, 3.05) is 6.54 Å². The van der Waals surface area contributed by atoms with Crippen LogP contribution in [-0.2, 0) is 6.54 Å². The van der Waals surface area contributed by atoms with Crippen LogP contribution < -0.4 is 5.32 Å². The van der Waals surface area contributed by atoms with E-state index < -0.39 is 0 Å². The third kappa shape index (κ3) is 4.93. The first-order chi connectivity index (χ1) is 7.22. The Morgan fingerprint density at radius 3 is 3.07 bits per heavy atom. The van der Waals surface area contributed by atoms with E-state index in [2.05, 4.69) is 11.4 Å². The number of aliphatic hydroxyl groups excluding tert-OH is 1. The Morgan fingerprint density at radius 1 is 1.67 bits per heavy atom. The number of hydrogen-bond acceptors (Lipinski definition) is 4. The maximum Gasteiger partial charge on any atom is 0.100 e. The van der Waals surface area contributed by atoms with E-state index in [0.29, 0.717) is 0 Å². The molecule has 0 saturated heterocycles. The van der Waals surface area contributed by atoms with Gasteiger partial charge in [-0.25, -0.2) is 0 Å². The second-order valence-electron chi connectivity index (χ2n) is 3.58. The van der Waals surface area contributed by atoms with Gasteiger partial charge in [0.15, 0.2) is 0 Å². The van der Waals surface area contributed by atoms with Crippen LogP contribution in [0.5, 0.6) is 0 Å². The molecule has 0 aliphatic heterocycles. The van der Waals surface area contributed by atoms with Gasteiger partial charge in [0.1, 0.15) is 6.07 Å². The largest absolute Gasteiger partial charge is 0.393 e. The lowest BCUT2D eigenvalue weighted by molar-refractivity contribution is 0.181. The van der Waals surface area contributed by atoms with Crippen LogP contribution in [0.25, 0.3) is 0 Å². The molecule has 1 aromatic heterocycles. The van der Waals surface area contributed by atoms with Crippen molar-refractivity contribution in [2.24, 2.45) is 0 Å². The van der Waals surface area contributed by atoms with E-state index in [1.807, 2.05) is 11.4 Å². The Morgan fingerprint density at radius 2 is 2.47 bits per heavy atom. The molecule has 15 heavy (non-hydrogen) atoms. The summed E-state index contributed by atoms with van der Waals surface area (Å²) in [6, 6.07) is 4.02. The maximum atomic E-state index is 9.04. The highest BCUT2D eigenvalue weighted by Crippen LogP contribution is 2.13. The van der Waals surface area contributed by atoms with Gasteiger partial charge in [-0.2, -0.15) is 5.26 Å². The SMILES string of the molecule is CC(O)CCCNCc1cc(C#N)cs1. The van der Waals surface area contributed by atoms with Crippen molar-refractivity contribution in [1.82, 2.24) is 5.32 Å². The zero-order valence-corrected chi connectivity index (χ0v) is 9.68. The molecule has 0 fully saturated rings. The molecule has 1 aromatic rings. The molecule has 0 amide bonds. The van der Waals surface area contributed by atoms with Gasteiger partial charge in [-0.15, -0.1) is 11.3 Å². The lowest BCUT2D eigenvalue weighted by Gasteiger charge is -2.04. The van der Waals surface area contributed by atoms with Crippen molar-refractivity contribution < 1.29 is 5.11 Å². The van der Waals surface area contributed by atoms with Gasteiger partial charge in [-0.3, -0.25) is 0 Å². The smallest absolute Gasteiger partial charge is 0.100 e. The van der Waals surface area contributed by atoms with Crippen LogP contribution in [0.4, 0.5) is 0 Å². The highest BCUT2D eigenvalue weighted by atomic mass is 32.1. The van der Waals surface area contributed by atoms with Crippen LogP contribution in [0.1, 0.15) is 30.2 Å². The summed E-state index contributed by atoms with van der Waals surface area (Å²) in [4.78, 5) is 1.18. The highest BCUT2D eigenvalue weighted by molar-refractivity contribution is 7.10. The molecule has 4 heteroatoms. The van der Waals surface area contributed by atoms with Crippen molar-refractivity contribution in [3.63, 3.8) is 0 Å². The first-order valence-corrected chi connectivity index (χ1v) is 5.96. The van der Waals surface area contributed by atoms with Crippen molar-refractivity contribution in [3.8, 4) is 6.07 Å². The average Bonchev–Trinajstić information content (AvgIpc) is 2.65. The van der Waals surface area contributed by atoms with Gasteiger partial charge in [0.05, 0.1) is 11.7 Å². The standard InChI is InChI=1S/C11H16N2OS/c1-9(14)3-2-4-13-7-11-5-10(6-12)8-15-11/h5,8-9,13-14H,2-4,7H2,1H3. The van der Waals surface area contributed by atoms with Crippen LogP contribution in [0.15, 0.2) is 11.4 Å². The van der Waals surface area contributed by atoms with Gasteiger partial charge >= 0.3 is 0 Å². The predicted octanol–water partition coefficient (Wildman–Crippen LogP) is 1.87. The summed E-state index contributed by atoms with van der Waals surface area (Å²) in [7, 11) is 0. The van der Waals surface area contributed by atoms with E-state index >= 15 is 0 Å². The third-order valence-electron chi connectivity index (χ3n) is 2.06. The van der Waals surface area contributed by atoms with Gasteiger partial charge in [0.25, 0.3) is 0 Å². The topological polar surface area (TPSA) is 56.0 Å². The second kappa shape index (κ2) is 6.57. The van der Waals surface area contributed by atoms with Gasteiger partial charge < -0.3 is 10.4 Å². The fourth-order valence-electron chi connectivity index (χ4n) is 1.27. The Balaban J connectivity index is 2.13. The molecular weight excluding hydrogens is 208 g/mol. The molecule has 1 unspecified atom stereocenters. The Kier molecular flexibility index (Phi) is 5.33. The van der Waals surface area contributed by atoms with E-state index in [0.717, 1.165) is 31.5 Å². The minimum atomic E-state index is -0.210. The van der Waals surface area contributed by atoms with Gasteiger partial charge in [0, 0.05) is 16.8 Å². The summed E-state index contributed by atoms with van der Waals surface area (Å²) in [5.74, 6) is 0. The number of aliphatic hydroxyl groups is 1. The first-order valence-electron chi connectivity index (χ1n) is 5.08. The molecule has 1 rings (SSSR count). The Hall–Kier alpha value is -0.890. The summed E-state index contributed by atoms with van der Waals surface area (Å²) in [6.45, 7) is 3.52. The molecule has 82 valence electrons. The highest BCUT2D eigenvalue weighted by Gasteiger charge is 1.99. The van der Waals surface area contributed by atoms with Crippen LogP contribution in [0.2, 0.25) is 0 Å². The minimum absolute atomic E-state index is 0.210. The predicted molar refractivity (Wildman–Crippen MR) is 61.7 cm³/mol. The number of thiophene rings is 1. The summed E-state index contributed by atoms with van der Waals surface area (Å²) in [6.07, 6.45) is 1.61. The van der Waals surface area contributed by atoms with Gasteiger partial charge in [-0.05, 0) is 32.4 Å². The van der Waals surface area contributed by atoms with Crippen LogP contribution in [0.3, 0.4) is 0 Å². The fourth-order valence-corrected chi connectivity index (χ4v) is 2.05. The summed E-state index contributed by atoms with van der Waals surface area (Å²) in [5, 5.41) is 22.8. The molecule has 1 atom stereocenters. The van der Waals surface area contributed by atoms with E-state index in [-0.39, 0.29) is 6.10 Å². The summed E-state index contributed by atoms with van der Waals surface area (Å²) in [5.41, 5.74) is 0.737. The minimum Gasteiger partial charge on any atom is -0.393 e. The molecule has 0 aliphatic carbocycles. The van der Waals surface area contributed by atoms with Crippen LogP contribution in [-0.4, -0.2) is 17.8 Å². The maximum absolute atomic E-state index is 9.04. The number of hydrogen-bond donors (Lipinski definition) is 2. The number of rotatable bonds is 6. The molecule has 0 spiro atoms. The van der Waals surface area contributed by atoms with Crippen molar-refractivity contribution in [1.29, 1.82) is 5.26 Å². The second-order valence-corrected chi connectivity index (χ2v) is 4.58. The van der Waals surface area contributed by atoms with E-state index in [9.17, 15) is 0 Å². The van der Waals surface area contributed by atoms with Crippen molar-refractivity contribution in [3.05, 3.63) is 21.9 Å². The van der Waals surface area contributed by atoms with E-state index in [1.54, 1.807) is 18.3 Å². The average molecular weight is 224 g/mol. The van der Waals surface area contributed by atoms with Crippen molar-refractivity contribution in [2.45, 2.75) is 32.4 Å². The van der Waals surface area contributed by atoms with Gasteiger partial charge in [0.2, 0.25) is 0 Å². The van der Waals surface area contributed by atoms with E-state index in [4.69, 9.17) is 10.4 Å². The fraction of sp³-hybridized carbons (Fsp3) is 0.545. The lowest BCUT2D eigenvalue weighted by Crippen LogP contribution is -2.15. The summed E-state index contributed by atoms with van der Waals surface area (Å²) < 4.78 is 0. The first kappa shape index (κ1) is 12.2. The zero-order chi connectivity index (χ0) is 11.1. The molecule has 0 saturated carbocycles. The molecule has 0 aromatic carbocycles. The van der Waals surface area contributed by atoms with Crippen LogP contribution >= 0.6 is 11.3 Å². The number of nitrogens with one attached hydrogen (secondary N) is 1. The molecule has 0 aliphatic rings. The molecule has 2 N–H and O–H groups in total. The molecule has 3 nitrogen and oxygen atoms in total. The molecule has 0 bridgehead atoms. The lowest BCUT2D eigenvalue weighted by atomic mass is 10.2. The summed E-state index contributed by atoms with van der Waals surface area (Å²) >= 11 is 1.60. The third-order valence-corrected chi connectivity index (χ3v) is 2.99. The molecule has 0 radical (unpaired) electrons. The van der Waals surface area contributed by atoms with Crippen molar-refractivity contribution >= 4 is 11.3 Å². The molecule has 1 heterocycles. The van der Waals surface area contributed by atoms with Crippen LogP contribution in [0, 0.1) is 11.3 Å².